The highest BCUT2D eigenvalue weighted by molar-refractivity contribution is 5.02. The van der Waals surface area contributed by atoms with Crippen LogP contribution in [0.4, 0.5) is 0 Å². The molecule has 0 fully saturated rings. The van der Waals surface area contributed by atoms with Crippen molar-refractivity contribution in [2.75, 3.05) is 6.61 Å². The highest BCUT2D eigenvalue weighted by Gasteiger charge is 1.85. The second kappa shape index (κ2) is 5.06. The monoisotopic (exact) mass is 142 g/mol. The zero-order valence-corrected chi connectivity index (χ0v) is 6.72. The van der Waals surface area contributed by atoms with E-state index in [2.05, 4.69) is 0 Å². The number of furan rings is 1. The van der Waals surface area contributed by atoms with Crippen LogP contribution >= 0.6 is 0 Å². The molecule has 1 rings (SSSR count). The first kappa shape index (κ1) is 9.24. The Bertz CT molecular complexity index is 151. The van der Waals surface area contributed by atoms with E-state index in [0.29, 0.717) is 0 Å². The summed E-state index contributed by atoms with van der Waals surface area (Å²) in [5, 5.41) is 7.57. The maximum Gasteiger partial charge on any atom is 0.101 e. The third kappa shape index (κ3) is 4.15. The third-order valence-electron chi connectivity index (χ3n) is 0.875. The van der Waals surface area contributed by atoms with E-state index in [1.165, 1.54) is 0 Å². The Labute approximate surface area is 61.5 Å². The van der Waals surface area contributed by atoms with Gasteiger partial charge in [-0.15, -0.1) is 0 Å². The lowest BCUT2D eigenvalue weighted by Crippen LogP contribution is -1.57. The number of rotatable bonds is 0. The van der Waals surface area contributed by atoms with Crippen molar-refractivity contribution in [1.29, 1.82) is 0 Å². The molecule has 0 spiro atoms. The van der Waals surface area contributed by atoms with Gasteiger partial charge < -0.3 is 9.52 Å². The smallest absolute Gasteiger partial charge is 0.101 e. The van der Waals surface area contributed by atoms with Gasteiger partial charge in [0.15, 0.2) is 0 Å². The summed E-state index contributed by atoms with van der Waals surface area (Å²) in [6, 6.07) is 3.91. The predicted octanol–water partition coefficient (Wildman–Crippen LogP) is 1.90. The minimum atomic E-state index is 0.250. The maximum absolute atomic E-state index is 7.57. The molecule has 0 aliphatic heterocycles. The zero-order chi connectivity index (χ0) is 7.98. The molecule has 10 heavy (non-hydrogen) atoms. The van der Waals surface area contributed by atoms with Crippen molar-refractivity contribution in [3.8, 4) is 0 Å². The van der Waals surface area contributed by atoms with Gasteiger partial charge in [0.1, 0.15) is 11.5 Å². The average Bonchev–Trinajstić information content (AvgIpc) is 2.17. The molecule has 2 heteroatoms. The van der Waals surface area contributed by atoms with Crippen molar-refractivity contribution in [3.05, 3.63) is 23.7 Å². The Hall–Kier alpha value is -0.760. The van der Waals surface area contributed by atoms with Gasteiger partial charge in [0.05, 0.1) is 0 Å². The van der Waals surface area contributed by atoms with Crippen LogP contribution in [-0.4, -0.2) is 11.7 Å². The molecule has 0 atom stereocenters. The summed E-state index contributed by atoms with van der Waals surface area (Å²) in [7, 11) is 0. The fourth-order valence-electron chi connectivity index (χ4n) is 0.557. The molecule has 1 aromatic heterocycles. The summed E-state index contributed by atoms with van der Waals surface area (Å²) in [6.45, 7) is 5.81. The number of aliphatic hydroxyl groups excluding tert-OH is 1. The largest absolute Gasteiger partial charge is 0.467 e. The molecule has 1 N–H and O–H groups in total. The first-order chi connectivity index (χ1) is 4.70. The molecule has 0 aliphatic rings. The maximum atomic E-state index is 7.57. The minimum Gasteiger partial charge on any atom is -0.467 e. The Balaban J connectivity index is 0.000000236. The van der Waals surface area contributed by atoms with Gasteiger partial charge in [-0.05, 0) is 32.9 Å². The van der Waals surface area contributed by atoms with Crippen molar-refractivity contribution in [1.82, 2.24) is 0 Å². The average molecular weight is 142 g/mol. The molecule has 0 amide bonds. The van der Waals surface area contributed by atoms with Gasteiger partial charge in [-0.1, -0.05) is 0 Å². The fraction of sp³-hybridized carbons (Fsp3) is 0.500. The summed E-state index contributed by atoms with van der Waals surface area (Å²) in [6.07, 6.45) is 0. The Morgan fingerprint density at radius 2 is 1.60 bits per heavy atom. The molecule has 0 aromatic carbocycles. The van der Waals surface area contributed by atoms with E-state index in [1.807, 2.05) is 26.0 Å². The van der Waals surface area contributed by atoms with Gasteiger partial charge in [0.2, 0.25) is 0 Å². The lowest BCUT2D eigenvalue weighted by atomic mass is 10.5. The van der Waals surface area contributed by atoms with Crippen LogP contribution in [0, 0.1) is 13.8 Å². The zero-order valence-electron chi connectivity index (χ0n) is 6.72. The van der Waals surface area contributed by atoms with E-state index in [-0.39, 0.29) is 6.61 Å². The molecule has 0 saturated carbocycles. The lowest BCUT2D eigenvalue weighted by molar-refractivity contribution is 0.318. The van der Waals surface area contributed by atoms with Crippen molar-refractivity contribution >= 4 is 0 Å². The molecule has 1 heterocycles. The number of aryl methyl sites for hydroxylation is 2. The van der Waals surface area contributed by atoms with Gasteiger partial charge in [0.25, 0.3) is 0 Å². The minimum absolute atomic E-state index is 0.250. The summed E-state index contributed by atoms with van der Waals surface area (Å²) >= 11 is 0. The Kier molecular flexibility index (Phi) is 4.67. The SMILES string of the molecule is CCO.Cc1ccc(C)o1. The van der Waals surface area contributed by atoms with Crippen LogP contribution in [0.25, 0.3) is 0 Å². The number of hydrogen-bond acceptors (Lipinski definition) is 2. The van der Waals surface area contributed by atoms with Crippen molar-refractivity contribution in [3.63, 3.8) is 0 Å². The van der Waals surface area contributed by atoms with E-state index in [0.717, 1.165) is 11.5 Å². The molecule has 58 valence electrons. The molecule has 2 nitrogen and oxygen atoms in total. The van der Waals surface area contributed by atoms with Crippen molar-refractivity contribution in [2.24, 2.45) is 0 Å². The quantitative estimate of drug-likeness (QED) is 0.600. The summed E-state index contributed by atoms with van der Waals surface area (Å²) in [4.78, 5) is 0. The first-order valence-corrected chi connectivity index (χ1v) is 3.34. The highest BCUT2D eigenvalue weighted by atomic mass is 16.3. The van der Waals surface area contributed by atoms with E-state index in [1.54, 1.807) is 6.92 Å². The third-order valence-corrected chi connectivity index (χ3v) is 0.875. The van der Waals surface area contributed by atoms with Gasteiger partial charge in [0, 0.05) is 6.61 Å². The van der Waals surface area contributed by atoms with Crippen LogP contribution in [0.3, 0.4) is 0 Å². The molecule has 0 saturated heterocycles. The molecule has 0 aliphatic carbocycles. The molecule has 0 unspecified atom stereocenters. The van der Waals surface area contributed by atoms with Gasteiger partial charge in [-0.3, -0.25) is 0 Å². The van der Waals surface area contributed by atoms with Gasteiger partial charge in [-0.2, -0.15) is 0 Å². The van der Waals surface area contributed by atoms with Crippen LogP contribution in [0.5, 0.6) is 0 Å². The van der Waals surface area contributed by atoms with E-state index < -0.39 is 0 Å². The molecule has 0 bridgehead atoms. The van der Waals surface area contributed by atoms with Crippen LogP contribution in [0.15, 0.2) is 16.5 Å². The highest BCUT2D eigenvalue weighted by Crippen LogP contribution is 2.02. The predicted molar refractivity (Wildman–Crippen MR) is 40.9 cm³/mol. The van der Waals surface area contributed by atoms with Crippen molar-refractivity contribution < 1.29 is 9.52 Å². The fourth-order valence-corrected chi connectivity index (χ4v) is 0.557. The second-order valence-corrected chi connectivity index (χ2v) is 1.97. The van der Waals surface area contributed by atoms with E-state index in [4.69, 9.17) is 9.52 Å². The standard InChI is InChI=1S/C6H8O.C2H6O/c1-5-3-4-6(2)7-5;1-2-3/h3-4H,1-2H3;3H,2H2,1H3. The normalized spacial score (nSPS) is 8.40. The Morgan fingerprint density at radius 3 is 1.70 bits per heavy atom. The molecule has 0 radical (unpaired) electrons. The topological polar surface area (TPSA) is 33.4 Å². The molecular weight excluding hydrogens is 128 g/mol. The second-order valence-electron chi connectivity index (χ2n) is 1.97. The number of aliphatic hydroxyl groups is 1. The first-order valence-electron chi connectivity index (χ1n) is 3.34. The van der Waals surface area contributed by atoms with E-state index >= 15 is 0 Å². The van der Waals surface area contributed by atoms with Crippen LogP contribution in [0.1, 0.15) is 18.4 Å². The van der Waals surface area contributed by atoms with Gasteiger partial charge in [-0.25, -0.2) is 0 Å². The van der Waals surface area contributed by atoms with Crippen LogP contribution < -0.4 is 0 Å². The molecular formula is C8H14O2. The summed E-state index contributed by atoms with van der Waals surface area (Å²) < 4.78 is 5.08. The summed E-state index contributed by atoms with van der Waals surface area (Å²) in [5.74, 6) is 1.97. The van der Waals surface area contributed by atoms with E-state index in [9.17, 15) is 0 Å². The summed E-state index contributed by atoms with van der Waals surface area (Å²) in [5.41, 5.74) is 0. The lowest BCUT2D eigenvalue weighted by Gasteiger charge is -1.76. The van der Waals surface area contributed by atoms with Gasteiger partial charge >= 0.3 is 0 Å². The van der Waals surface area contributed by atoms with Crippen LogP contribution in [0.2, 0.25) is 0 Å². The molecule has 1 aromatic rings. The number of hydrogen-bond donors (Lipinski definition) is 1. The van der Waals surface area contributed by atoms with Crippen LogP contribution in [-0.2, 0) is 0 Å². The Morgan fingerprint density at radius 1 is 1.30 bits per heavy atom. The van der Waals surface area contributed by atoms with Crippen molar-refractivity contribution in [2.45, 2.75) is 20.8 Å².